The lowest BCUT2D eigenvalue weighted by atomic mass is 9.84. The molecule has 2 unspecified atom stereocenters. The van der Waals surface area contributed by atoms with Crippen LogP contribution in [0.4, 0.5) is 0 Å². The summed E-state index contributed by atoms with van der Waals surface area (Å²) in [6.45, 7) is 2.63. The van der Waals surface area contributed by atoms with Crippen LogP contribution in [0.5, 0.6) is 11.5 Å². The van der Waals surface area contributed by atoms with Gasteiger partial charge in [0, 0.05) is 25.2 Å². The molecule has 21 heavy (non-hydrogen) atoms. The molecule has 2 fully saturated rings. The number of carbonyl (C=O) groups excluding carboxylic acids is 1. The number of benzene rings is 1. The van der Waals surface area contributed by atoms with Crippen LogP contribution in [0.15, 0.2) is 18.2 Å². The number of amides is 1. The quantitative estimate of drug-likeness (QED) is 0.825. The van der Waals surface area contributed by atoms with E-state index in [9.17, 15) is 15.0 Å². The lowest BCUT2D eigenvalue weighted by Crippen LogP contribution is -2.53. The normalized spacial score (nSPS) is 26.4. The third-order valence-corrected chi connectivity index (χ3v) is 4.84. The Bertz CT molecular complexity index is 546. The zero-order valence-corrected chi connectivity index (χ0v) is 12.3. The molecule has 2 aliphatic rings. The van der Waals surface area contributed by atoms with E-state index in [2.05, 4.69) is 11.9 Å². The van der Waals surface area contributed by atoms with Crippen molar-refractivity contribution in [3.05, 3.63) is 23.8 Å². The van der Waals surface area contributed by atoms with Crippen molar-refractivity contribution in [2.24, 2.45) is 5.92 Å². The van der Waals surface area contributed by atoms with E-state index in [0.717, 1.165) is 26.1 Å². The van der Waals surface area contributed by atoms with Gasteiger partial charge in [-0.1, -0.05) is 0 Å². The van der Waals surface area contributed by atoms with E-state index < -0.39 is 0 Å². The van der Waals surface area contributed by atoms with E-state index in [1.165, 1.54) is 31.0 Å². The number of nitrogens with zero attached hydrogens (tertiary/aromatic N) is 2. The van der Waals surface area contributed by atoms with Crippen molar-refractivity contribution in [3.8, 4) is 11.5 Å². The Kier molecular flexibility index (Phi) is 3.76. The van der Waals surface area contributed by atoms with Crippen LogP contribution in [0, 0.1) is 5.92 Å². The van der Waals surface area contributed by atoms with Gasteiger partial charge in [0.15, 0.2) is 0 Å². The number of carbonyl (C=O) groups is 1. The minimum Gasteiger partial charge on any atom is -0.508 e. The second-order valence-corrected chi connectivity index (χ2v) is 6.19. The topological polar surface area (TPSA) is 64.0 Å². The molecule has 1 amide bonds. The lowest BCUT2D eigenvalue weighted by molar-refractivity contribution is 0.0315. The van der Waals surface area contributed by atoms with Crippen LogP contribution < -0.4 is 0 Å². The number of piperidine rings is 2. The van der Waals surface area contributed by atoms with Gasteiger partial charge in [-0.15, -0.1) is 0 Å². The Morgan fingerprint density at radius 3 is 2.81 bits per heavy atom. The van der Waals surface area contributed by atoms with Crippen molar-refractivity contribution in [2.45, 2.75) is 25.3 Å². The molecular weight excluding hydrogens is 268 g/mol. The lowest BCUT2D eigenvalue weighted by Gasteiger charge is -2.46. The Hall–Kier alpha value is -1.75. The third kappa shape index (κ3) is 2.70. The molecule has 0 aromatic heterocycles. The summed E-state index contributed by atoms with van der Waals surface area (Å²) in [6.07, 6.45) is 3.34. The smallest absolute Gasteiger partial charge is 0.257 e. The van der Waals surface area contributed by atoms with Crippen LogP contribution in [-0.2, 0) is 0 Å². The van der Waals surface area contributed by atoms with Gasteiger partial charge in [-0.05, 0) is 50.9 Å². The van der Waals surface area contributed by atoms with Crippen LogP contribution in [0.25, 0.3) is 0 Å². The monoisotopic (exact) mass is 290 g/mol. The number of hydrogen-bond donors (Lipinski definition) is 2. The molecule has 5 nitrogen and oxygen atoms in total. The number of aromatic hydroxyl groups is 2. The molecule has 114 valence electrons. The molecule has 2 aliphatic heterocycles. The standard InChI is InChI=1S/C16H22N2O3/c1-17-7-2-3-11-10-18(8-6-14(11)17)16(21)13-5-4-12(19)9-15(13)20/h4-5,9,11,14,19-20H,2-3,6-8,10H2,1H3. The largest absolute Gasteiger partial charge is 0.508 e. The summed E-state index contributed by atoms with van der Waals surface area (Å²) in [5.74, 6) is 0.208. The Balaban J connectivity index is 1.74. The fraction of sp³-hybridized carbons (Fsp3) is 0.562. The summed E-state index contributed by atoms with van der Waals surface area (Å²) < 4.78 is 0. The van der Waals surface area contributed by atoms with E-state index in [1.54, 1.807) is 0 Å². The molecule has 0 bridgehead atoms. The third-order valence-electron chi connectivity index (χ3n) is 4.84. The summed E-state index contributed by atoms with van der Waals surface area (Å²) in [7, 11) is 2.17. The molecule has 0 spiro atoms. The minimum atomic E-state index is -0.150. The summed E-state index contributed by atoms with van der Waals surface area (Å²) in [5.41, 5.74) is 0.274. The molecule has 0 saturated carbocycles. The number of likely N-dealkylation sites (tertiary alicyclic amines) is 2. The van der Waals surface area contributed by atoms with Crippen molar-refractivity contribution in [2.75, 3.05) is 26.7 Å². The number of hydrogen-bond acceptors (Lipinski definition) is 4. The number of rotatable bonds is 1. The van der Waals surface area contributed by atoms with E-state index in [-0.39, 0.29) is 23.0 Å². The molecule has 2 heterocycles. The summed E-state index contributed by atoms with van der Waals surface area (Å²) in [4.78, 5) is 16.8. The zero-order valence-electron chi connectivity index (χ0n) is 12.3. The van der Waals surface area contributed by atoms with Crippen LogP contribution in [0.2, 0.25) is 0 Å². The fourth-order valence-electron chi connectivity index (χ4n) is 3.71. The van der Waals surface area contributed by atoms with Crippen LogP contribution in [0.1, 0.15) is 29.6 Å². The molecule has 1 aromatic carbocycles. The molecule has 0 radical (unpaired) electrons. The molecule has 0 aliphatic carbocycles. The maximum atomic E-state index is 12.6. The van der Waals surface area contributed by atoms with Crippen LogP contribution >= 0.6 is 0 Å². The second-order valence-electron chi connectivity index (χ2n) is 6.19. The van der Waals surface area contributed by atoms with Crippen molar-refractivity contribution in [3.63, 3.8) is 0 Å². The van der Waals surface area contributed by atoms with E-state index in [0.29, 0.717) is 12.0 Å². The Labute approximate surface area is 124 Å². The first-order valence-corrected chi connectivity index (χ1v) is 7.58. The van der Waals surface area contributed by atoms with Crippen molar-refractivity contribution in [1.29, 1.82) is 0 Å². The van der Waals surface area contributed by atoms with Crippen LogP contribution in [-0.4, -0.2) is 58.6 Å². The number of fused-ring (bicyclic) bond motifs is 1. The molecule has 1 aromatic rings. The first kappa shape index (κ1) is 14.2. The minimum absolute atomic E-state index is 0.0309. The fourth-order valence-corrected chi connectivity index (χ4v) is 3.71. The predicted molar refractivity (Wildman–Crippen MR) is 79.4 cm³/mol. The highest BCUT2D eigenvalue weighted by molar-refractivity contribution is 5.97. The summed E-state index contributed by atoms with van der Waals surface area (Å²) >= 11 is 0. The van der Waals surface area contributed by atoms with Gasteiger partial charge >= 0.3 is 0 Å². The predicted octanol–water partition coefficient (Wildman–Crippen LogP) is 1.65. The maximum absolute atomic E-state index is 12.6. The Morgan fingerprint density at radius 1 is 1.24 bits per heavy atom. The number of phenolic OH excluding ortho intramolecular Hbond substituents is 2. The molecule has 2 atom stereocenters. The van der Waals surface area contributed by atoms with Crippen molar-refractivity contribution < 1.29 is 15.0 Å². The maximum Gasteiger partial charge on any atom is 0.257 e. The van der Waals surface area contributed by atoms with Gasteiger partial charge in [0.2, 0.25) is 0 Å². The van der Waals surface area contributed by atoms with Gasteiger partial charge in [-0.25, -0.2) is 0 Å². The molecule has 2 N–H and O–H groups in total. The summed E-state index contributed by atoms with van der Waals surface area (Å²) in [6, 6.07) is 4.73. The van der Waals surface area contributed by atoms with E-state index in [4.69, 9.17) is 0 Å². The molecule has 5 heteroatoms. The average molecular weight is 290 g/mol. The highest BCUT2D eigenvalue weighted by Crippen LogP contribution is 2.31. The van der Waals surface area contributed by atoms with Crippen LogP contribution in [0.3, 0.4) is 0 Å². The van der Waals surface area contributed by atoms with Gasteiger partial charge in [-0.2, -0.15) is 0 Å². The van der Waals surface area contributed by atoms with E-state index >= 15 is 0 Å². The molecule has 2 saturated heterocycles. The van der Waals surface area contributed by atoms with Gasteiger partial charge in [-0.3, -0.25) is 4.79 Å². The highest BCUT2D eigenvalue weighted by Gasteiger charge is 2.36. The average Bonchev–Trinajstić information content (AvgIpc) is 2.46. The summed E-state index contributed by atoms with van der Waals surface area (Å²) in [5, 5.41) is 19.2. The highest BCUT2D eigenvalue weighted by atomic mass is 16.3. The molecule has 3 rings (SSSR count). The van der Waals surface area contributed by atoms with Gasteiger partial charge < -0.3 is 20.0 Å². The number of phenols is 2. The first-order chi connectivity index (χ1) is 10.1. The molecular formula is C16H22N2O3. The van der Waals surface area contributed by atoms with Crippen molar-refractivity contribution >= 4 is 5.91 Å². The van der Waals surface area contributed by atoms with Gasteiger partial charge in [0.1, 0.15) is 11.5 Å². The first-order valence-electron chi connectivity index (χ1n) is 7.58. The second kappa shape index (κ2) is 5.56. The SMILES string of the molecule is CN1CCCC2CN(C(=O)c3ccc(O)cc3O)CCC21. The van der Waals surface area contributed by atoms with E-state index in [1.807, 2.05) is 4.90 Å². The Morgan fingerprint density at radius 2 is 2.05 bits per heavy atom. The van der Waals surface area contributed by atoms with Crippen molar-refractivity contribution in [1.82, 2.24) is 9.80 Å². The van der Waals surface area contributed by atoms with Gasteiger partial charge in [0.25, 0.3) is 5.91 Å². The van der Waals surface area contributed by atoms with Gasteiger partial charge in [0.05, 0.1) is 5.56 Å². The zero-order chi connectivity index (χ0) is 15.0.